The van der Waals surface area contributed by atoms with E-state index >= 15 is 0 Å². The van der Waals surface area contributed by atoms with Gasteiger partial charge in [-0.2, -0.15) is 0 Å². The molecule has 0 radical (unpaired) electrons. The van der Waals surface area contributed by atoms with Crippen molar-refractivity contribution in [2.45, 2.75) is 63.8 Å². The molecule has 0 heteroatoms. The molecule has 0 aliphatic carbocycles. The molecule has 0 aliphatic heterocycles. The molecule has 0 unspecified atom stereocenters. The van der Waals surface area contributed by atoms with Crippen molar-refractivity contribution in [2.24, 2.45) is 0 Å². The van der Waals surface area contributed by atoms with Gasteiger partial charge in [-0.1, -0.05) is 63.8 Å². The maximum Gasteiger partial charge on any atom is 0 e. The highest BCUT2D eigenvalue weighted by atomic mass is 13.6. The van der Waals surface area contributed by atoms with Gasteiger partial charge < -0.3 is 0 Å². The summed E-state index contributed by atoms with van der Waals surface area (Å²) < 4.78 is 0. The first kappa shape index (κ1) is 64.0. The lowest BCUT2D eigenvalue weighted by molar-refractivity contribution is 0.886. The van der Waals surface area contributed by atoms with Crippen molar-refractivity contribution in [3.63, 3.8) is 0 Å². The van der Waals surface area contributed by atoms with Gasteiger partial charge >= 0.3 is 0 Å². The average Bonchev–Trinajstić information content (AvgIpc) is 1.37. The van der Waals surface area contributed by atoms with Crippen LogP contribution in [0.2, 0.25) is 0 Å². The maximum atomic E-state index is 2.18. The normalized spacial score (nSPS) is 3.33. The maximum absolute atomic E-state index is 2.18. The highest BCUT2D eigenvalue weighted by Crippen LogP contribution is 1.76. The predicted molar refractivity (Wildman–Crippen MR) is 56.4 cm³/mol. The van der Waals surface area contributed by atoms with E-state index in [2.05, 4.69) is 13.8 Å². The van der Waals surface area contributed by atoms with Gasteiger partial charge in [-0.3, -0.25) is 0 Å². The minimum absolute atomic E-state index is 0. The number of hydrogen-bond acceptors (Lipinski definition) is 0. The smallest absolute Gasteiger partial charge is 0 e. The van der Waals surface area contributed by atoms with Gasteiger partial charge in [0.2, 0.25) is 0 Å². The van der Waals surface area contributed by atoms with E-state index in [1.54, 1.807) is 0 Å². The molecular formula is C9H32. The lowest BCUT2D eigenvalue weighted by atomic mass is 10.4. The fourth-order valence-corrected chi connectivity index (χ4v) is 0. The molecule has 9 heavy (non-hydrogen) atoms. The molecule has 0 aromatic heterocycles. The Morgan fingerprint density at radius 1 is 0.667 bits per heavy atom. The van der Waals surface area contributed by atoms with E-state index in [0.717, 1.165) is 0 Å². The third-order valence-electron chi connectivity index (χ3n) is 0.500. The van der Waals surface area contributed by atoms with Crippen LogP contribution in [0.3, 0.4) is 0 Å². The molecule has 0 nitrogen and oxygen atoms in total. The fourth-order valence-electron chi connectivity index (χ4n) is 0. The van der Waals surface area contributed by atoms with E-state index in [1.807, 2.05) is 0 Å². The molecule has 0 aromatic carbocycles. The van der Waals surface area contributed by atoms with Crippen LogP contribution in [0, 0.1) is 0 Å². The van der Waals surface area contributed by atoms with E-state index in [9.17, 15) is 0 Å². The van der Waals surface area contributed by atoms with E-state index in [-0.39, 0.29) is 38.6 Å². The van der Waals surface area contributed by atoms with Crippen LogP contribution in [0.4, 0.5) is 0 Å². The monoisotopic (exact) mass is 142 g/mol. The molecule has 0 rings (SSSR count). The molecule has 0 aliphatic rings. The van der Waals surface area contributed by atoms with Crippen molar-refractivity contribution in [3.05, 3.63) is 0 Å². The first-order chi connectivity index (χ1) is 1.91. The van der Waals surface area contributed by atoms with Crippen molar-refractivity contribution >= 4 is 0 Å². The molecule has 0 atom stereocenters. The lowest BCUT2D eigenvalue weighted by Gasteiger charge is -1.68. The molecule has 0 bridgehead atoms. The third-order valence-corrected chi connectivity index (χ3v) is 0.500. The molecule has 0 amide bonds. The van der Waals surface area contributed by atoms with Crippen molar-refractivity contribution < 1.29 is 1.43 Å². The zero-order valence-electron chi connectivity index (χ0n) is 3.41. The summed E-state index contributed by atoms with van der Waals surface area (Å²) in [5.74, 6) is 0. The van der Waals surface area contributed by atoms with Gasteiger partial charge in [-0.05, 0) is 0 Å². The fraction of sp³-hybridized carbons (Fsp3) is 1.00. The Hall–Kier alpha value is 0. The van der Waals surface area contributed by atoms with Crippen LogP contribution in [0.1, 0.15) is 65.2 Å². The molecule has 0 saturated carbocycles. The second kappa shape index (κ2) is 98.0. The largest absolute Gasteiger partial charge is 0.0776 e. The molecule has 0 N–H and O–H groups in total. The first-order valence-corrected chi connectivity index (χ1v) is 1.91. The van der Waals surface area contributed by atoms with Gasteiger partial charge in [0, 0.05) is 1.43 Å². The van der Waals surface area contributed by atoms with Gasteiger partial charge in [0.15, 0.2) is 0 Å². The van der Waals surface area contributed by atoms with Gasteiger partial charge in [-0.15, -0.1) is 0 Å². The second-order valence-corrected chi connectivity index (χ2v) is 1.000. The Balaban J connectivity index is -0.00000000300. The van der Waals surface area contributed by atoms with Crippen molar-refractivity contribution in [2.75, 3.05) is 0 Å². The minimum atomic E-state index is 0. The van der Waals surface area contributed by atoms with Gasteiger partial charge in [0.25, 0.3) is 0 Å². The van der Waals surface area contributed by atoms with Crippen LogP contribution >= 0.6 is 0 Å². The highest BCUT2D eigenvalue weighted by Gasteiger charge is 1.56. The van der Waals surface area contributed by atoms with Crippen molar-refractivity contribution in [1.29, 1.82) is 0 Å². The number of hydrogen-bond donors (Lipinski definition) is 0. The summed E-state index contributed by atoms with van der Waals surface area (Å²) in [5, 5.41) is 0. The molecule has 0 fully saturated rings. The van der Waals surface area contributed by atoms with E-state index in [4.69, 9.17) is 0 Å². The summed E-state index contributed by atoms with van der Waals surface area (Å²) in [6.45, 7) is 4.36. The molecule has 0 heterocycles. The van der Waals surface area contributed by atoms with Gasteiger partial charge in [0.05, 0.1) is 0 Å². The average molecular weight is 142 g/mol. The summed E-state index contributed by atoms with van der Waals surface area (Å²) in [4.78, 5) is 0. The summed E-state index contributed by atoms with van der Waals surface area (Å²) in [6, 6.07) is 0. The zero-order chi connectivity index (χ0) is 3.41. The summed E-state index contributed by atoms with van der Waals surface area (Å²) in [7, 11) is 0. The number of rotatable bonds is 1. The minimum Gasteiger partial charge on any atom is -0.0776 e. The Labute approximate surface area is 66.2 Å². The summed E-state index contributed by atoms with van der Waals surface area (Å²) >= 11 is 0. The molecular weight excluding hydrogens is 108 g/mol. The predicted octanol–water partition coefficient (Wildman–Crippen LogP) is 5.23. The Morgan fingerprint density at radius 3 is 0.778 bits per heavy atom. The Bertz CT molecular complexity index is 6.69. The van der Waals surface area contributed by atoms with Crippen LogP contribution in [-0.4, -0.2) is 0 Å². The van der Waals surface area contributed by atoms with Gasteiger partial charge in [-0.25, -0.2) is 0 Å². The van der Waals surface area contributed by atoms with Crippen molar-refractivity contribution in [1.82, 2.24) is 0 Å². The van der Waals surface area contributed by atoms with Crippen LogP contribution in [0.5, 0.6) is 0 Å². The topological polar surface area (TPSA) is 0 Å². The lowest BCUT2D eigenvalue weighted by Crippen LogP contribution is -1.47. The van der Waals surface area contributed by atoms with Gasteiger partial charge in [0.1, 0.15) is 0 Å². The van der Waals surface area contributed by atoms with Crippen LogP contribution in [-0.2, 0) is 0 Å². The van der Waals surface area contributed by atoms with E-state index in [0.29, 0.717) is 0 Å². The van der Waals surface area contributed by atoms with E-state index in [1.165, 1.54) is 12.8 Å². The zero-order valence-corrected chi connectivity index (χ0v) is 3.41. The highest BCUT2D eigenvalue weighted by molar-refractivity contribution is 4.12. The van der Waals surface area contributed by atoms with Crippen LogP contribution in [0.25, 0.3) is 0 Å². The van der Waals surface area contributed by atoms with Crippen molar-refractivity contribution in [3.8, 4) is 0 Å². The third kappa shape index (κ3) is 288. The number of unbranched alkanes of at least 4 members (excludes halogenated alkanes) is 1. The quantitative estimate of drug-likeness (QED) is 0.470. The van der Waals surface area contributed by atoms with Crippen LogP contribution in [0.15, 0.2) is 0 Å². The summed E-state index contributed by atoms with van der Waals surface area (Å²) in [6.07, 6.45) is 2.64. The molecule has 68 valence electrons. The standard InChI is InChI=1S/C4H10.5CH4.H2/c1-3-4-2;;;;;;/h3-4H2,1-2H3;5*1H4;1H/i;;;;;;1+2. The molecule has 0 saturated heterocycles. The Kier molecular flexibility index (Phi) is 697. The van der Waals surface area contributed by atoms with Crippen LogP contribution < -0.4 is 0 Å². The SMILES string of the molecule is C.C.C.C.C.CCCC.[3HH]. The first-order valence-electron chi connectivity index (χ1n) is 1.91. The van der Waals surface area contributed by atoms with E-state index < -0.39 is 0 Å². The summed E-state index contributed by atoms with van der Waals surface area (Å²) in [5.41, 5.74) is 0. The second-order valence-electron chi connectivity index (χ2n) is 1.000. The molecule has 0 spiro atoms. The Morgan fingerprint density at radius 2 is 0.778 bits per heavy atom. The molecule has 0 aromatic rings.